The molecule has 2 amide bonds. The number of urea groups is 1. The predicted octanol–water partition coefficient (Wildman–Crippen LogP) is 5.40. The van der Waals surface area contributed by atoms with Crippen LogP contribution in [0.15, 0.2) is 30.3 Å². The fraction of sp³-hybridized carbons (Fsp3) is 0.409. The van der Waals surface area contributed by atoms with Crippen molar-refractivity contribution in [3.05, 3.63) is 41.5 Å². The van der Waals surface area contributed by atoms with Crippen LogP contribution in [0, 0.1) is 6.92 Å². The molecule has 0 saturated heterocycles. The predicted molar refractivity (Wildman–Crippen MR) is 113 cm³/mol. The van der Waals surface area contributed by atoms with Crippen LogP contribution in [0.4, 0.5) is 16.2 Å². The molecule has 0 radical (unpaired) electrons. The van der Waals surface area contributed by atoms with Crippen LogP contribution in [-0.2, 0) is 6.42 Å². The fourth-order valence-electron chi connectivity index (χ4n) is 2.94. The fourth-order valence-corrected chi connectivity index (χ4v) is 2.94. The molecule has 152 valence electrons. The summed E-state index contributed by atoms with van der Waals surface area (Å²) in [6.45, 7) is 11.2. The maximum absolute atomic E-state index is 12.6. The summed E-state index contributed by atoms with van der Waals surface area (Å²) >= 11 is 0. The number of amides is 2. The van der Waals surface area contributed by atoms with Crippen molar-refractivity contribution in [3.63, 3.8) is 0 Å². The normalized spacial score (nSPS) is 10.3. The summed E-state index contributed by atoms with van der Waals surface area (Å²) in [7, 11) is 0. The third-order valence-corrected chi connectivity index (χ3v) is 4.15. The van der Waals surface area contributed by atoms with E-state index in [0.717, 1.165) is 23.2 Å². The first-order valence-corrected chi connectivity index (χ1v) is 9.76. The SMILES string of the molecule is CCOc1cc(NC(=O)Nc2c(C)cccc2CC)cc(OCC)c1OCC. The van der Waals surface area contributed by atoms with Gasteiger partial charge in [0.25, 0.3) is 0 Å². The number of hydrogen-bond donors (Lipinski definition) is 2. The Morgan fingerprint density at radius 2 is 1.50 bits per heavy atom. The van der Waals surface area contributed by atoms with Gasteiger partial charge in [0.05, 0.1) is 25.5 Å². The van der Waals surface area contributed by atoms with Crippen molar-refractivity contribution in [1.29, 1.82) is 0 Å². The van der Waals surface area contributed by atoms with Crippen molar-refractivity contribution in [2.75, 3.05) is 30.5 Å². The number of ether oxygens (including phenoxy) is 3. The second kappa shape index (κ2) is 10.4. The van der Waals surface area contributed by atoms with Gasteiger partial charge in [0.2, 0.25) is 5.75 Å². The Labute approximate surface area is 167 Å². The molecule has 2 rings (SSSR count). The number of carbonyl (C=O) groups excluding carboxylic acids is 1. The lowest BCUT2D eigenvalue weighted by atomic mass is 10.1. The zero-order chi connectivity index (χ0) is 20.5. The van der Waals surface area contributed by atoms with Crippen LogP contribution in [0.5, 0.6) is 17.2 Å². The number of benzene rings is 2. The topological polar surface area (TPSA) is 68.8 Å². The van der Waals surface area contributed by atoms with Crippen LogP contribution in [0.3, 0.4) is 0 Å². The highest BCUT2D eigenvalue weighted by Gasteiger charge is 2.17. The lowest BCUT2D eigenvalue weighted by molar-refractivity contribution is 0.260. The number of rotatable bonds is 9. The summed E-state index contributed by atoms with van der Waals surface area (Å²) in [4.78, 5) is 12.6. The highest BCUT2D eigenvalue weighted by Crippen LogP contribution is 2.40. The summed E-state index contributed by atoms with van der Waals surface area (Å²) in [5.41, 5.74) is 3.51. The smallest absolute Gasteiger partial charge is 0.323 e. The summed E-state index contributed by atoms with van der Waals surface area (Å²) in [6, 6.07) is 9.15. The van der Waals surface area contributed by atoms with E-state index < -0.39 is 0 Å². The number of para-hydroxylation sites is 1. The molecule has 2 N–H and O–H groups in total. The van der Waals surface area contributed by atoms with Crippen LogP contribution in [-0.4, -0.2) is 25.9 Å². The lowest BCUT2D eigenvalue weighted by Crippen LogP contribution is -2.21. The molecular formula is C22H30N2O4. The first-order chi connectivity index (χ1) is 13.5. The number of hydrogen-bond acceptors (Lipinski definition) is 4. The molecule has 28 heavy (non-hydrogen) atoms. The second-order valence-electron chi connectivity index (χ2n) is 6.14. The minimum absolute atomic E-state index is 0.321. The minimum Gasteiger partial charge on any atom is -0.490 e. The Morgan fingerprint density at radius 1 is 0.893 bits per heavy atom. The van der Waals surface area contributed by atoms with Gasteiger partial charge < -0.3 is 24.8 Å². The molecule has 0 aliphatic rings. The van der Waals surface area contributed by atoms with Gasteiger partial charge in [-0.25, -0.2) is 4.79 Å². The Morgan fingerprint density at radius 3 is 2.04 bits per heavy atom. The number of nitrogens with one attached hydrogen (secondary N) is 2. The lowest BCUT2D eigenvalue weighted by Gasteiger charge is -2.18. The molecule has 0 bridgehead atoms. The van der Waals surface area contributed by atoms with Crippen molar-refractivity contribution in [2.45, 2.75) is 41.0 Å². The van der Waals surface area contributed by atoms with Gasteiger partial charge in [-0.1, -0.05) is 25.1 Å². The van der Waals surface area contributed by atoms with E-state index in [2.05, 4.69) is 17.6 Å². The van der Waals surface area contributed by atoms with Crippen molar-refractivity contribution in [2.24, 2.45) is 0 Å². The van der Waals surface area contributed by atoms with Crippen molar-refractivity contribution in [3.8, 4) is 17.2 Å². The van der Waals surface area contributed by atoms with Gasteiger partial charge in [-0.05, 0) is 45.2 Å². The van der Waals surface area contributed by atoms with Crippen LogP contribution in [0.2, 0.25) is 0 Å². The van der Waals surface area contributed by atoms with Gasteiger partial charge >= 0.3 is 6.03 Å². The van der Waals surface area contributed by atoms with E-state index in [0.29, 0.717) is 42.8 Å². The van der Waals surface area contributed by atoms with E-state index in [-0.39, 0.29) is 6.03 Å². The van der Waals surface area contributed by atoms with Crippen LogP contribution >= 0.6 is 0 Å². The summed E-state index contributed by atoms with van der Waals surface area (Å²) in [5.74, 6) is 1.62. The average Bonchev–Trinajstić information content (AvgIpc) is 2.66. The van der Waals surface area contributed by atoms with Gasteiger partial charge in [0.15, 0.2) is 11.5 Å². The molecular weight excluding hydrogens is 356 g/mol. The Balaban J connectivity index is 2.28. The molecule has 0 unspecified atom stereocenters. The molecule has 0 aliphatic carbocycles. The van der Waals surface area contributed by atoms with Crippen molar-refractivity contribution >= 4 is 17.4 Å². The molecule has 6 nitrogen and oxygen atoms in total. The molecule has 0 spiro atoms. The molecule has 2 aromatic rings. The molecule has 0 atom stereocenters. The first-order valence-electron chi connectivity index (χ1n) is 9.76. The van der Waals surface area contributed by atoms with E-state index in [1.54, 1.807) is 12.1 Å². The molecule has 0 fully saturated rings. The molecule has 0 heterocycles. The second-order valence-corrected chi connectivity index (χ2v) is 6.14. The third-order valence-electron chi connectivity index (χ3n) is 4.15. The zero-order valence-electron chi connectivity index (χ0n) is 17.3. The van der Waals surface area contributed by atoms with Crippen molar-refractivity contribution < 1.29 is 19.0 Å². The van der Waals surface area contributed by atoms with Gasteiger partial charge in [0, 0.05) is 17.8 Å². The quantitative estimate of drug-likeness (QED) is 0.606. The maximum atomic E-state index is 12.6. The van der Waals surface area contributed by atoms with Gasteiger partial charge in [0.1, 0.15) is 0 Å². The zero-order valence-corrected chi connectivity index (χ0v) is 17.3. The summed E-state index contributed by atoms with van der Waals surface area (Å²) < 4.78 is 17.1. The van der Waals surface area contributed by atoms with Crippen LogP contribution in [0.25, 0.3) is 0 Å². The highest BCUT2D eigenvalue weighted by molar-refractivity contribution is 6.01. The van der Waals surface area contributed by atoms with Gasteiger partial charge in [-0.3, -0.25) is 0 Å². The minimum atomic E-state index is -0.321. The van der Waals surface area contributed by atoms with E-state index in [9.17, 15) is 4.79 Å². The first kappa shape index (κ1) is 21.4. The Kier molecular flexibility index (Phi) is 7.99. The van der Waals surface area contributed by atoms with Crippen LogP contribution in [0.1, 0.15) is 38.8 Å². The average molecular weight is 386 g/mol. The van der Waals surface area contributed by atoms with E-state index in [4.69, 9.17) is 14.2 Å². The highest BCUT2D eigenvalue weighted by atomic mass is 16.5. The number of aryl methyl sites for hydroxylation is 2. The van der Waals surface area contributed by atoms with E-state index >= 15 is 0 Å². The van der Waals surface area contributed by atoms with E-state index in [1.807, 2.05) is 45.9 Å². The molecule has 0 aromatic heterocycles. The third kappa shape index (κ3) is 5.31. The van der Waals surface area contributed by atoms with Crippen LogP contribution < -0.4 is 24.8 Å². The molecule has 2 aromatic carbocycles. The summed E-state index contributed by atoms with van der Waals surface area (Å²) in [5, 5.41) is 5.83. The Bertz CT molecular complexity index is 778. The van der Waals surface area contributed by atoms with E-state index in [1.165, 1.54) is 0 Å². The summed E-state index contributed by atoms with van der Waals surface area (Å²) in [6.07, 6.45) is 0.837. The van der Waals surface area contributed by atoms with Gasteiger partial charge in [-0.15, -0.1) is 0 Å². The standard InChI is InChI=1S/C22H30N2O4/c1-6-16-12-10-11-15(5)20(16)24-22(25)23-17-13-18(26-7-2)21(28-9-4)19(14-17)27-8-3/h10-14H,6-9H2,1-5H3,(H2,23,24,25). The maximum Gasteiger partial charge on any atom is 0.323 e. The van der Waals surface area contributed by atoms with Gasteiger partial charge in [-0.2, -0.15) is 0 Å². The molecule has 0 aliphatic heterocycles. The largest absolute Gasteiger partial charge is 0.490 e. The molecule has 0 saturated carbocycles. The Hall–Kier alpha value is -2.89. The monoisotopic (exact) mass is 386 g/mol. The number of anilines is 2. The van der Waals surface area contributed by atoms with Crippen molar-refractivity contribution in [1.82, 2.24) is 0 Å². The number of carbonyl (C=O) groups is 1. The molecule has 6 heteroatoms.